The summed E-state index contributed by atoms with van der Waals surface area (Å²) in [5.41, 5.74) is 0. The standard InChI is InChI=1S/C9H14BrF3O2/c1-7(9(11,12)13)3-2-4-8(14)15-6-5-10/h7H,2-6H2,1H3. The maximum absolute atomic E-state index is 12.1. The first kappa shape index (κ1) is 14.7. The Morgan fingerprint density at radius 2 is 2.07 bits per heavy atom. The van der Waals surface area contributed by atoms with Gasteiger partial charge >= 0.3 is 12.1 Å². The van der Waals surface area contributed by atoms with Gasteiger partial charge < -0.3 is 4.74 Å². The third-order valence-corrected chi connectivity index (χ3v) is 2.24. The van der Waals surface area contributed by atoms with E-state index in [1.165, 1.54) is 0 Å². The lowest BCUT2D eigenvalue weighted by Crippen LogP contribution is -2.20. The highest BCUT2D eigenvalue weighted by Crippen LogP contribution is 2.29. The SMILES string of the molecule is CC(CCCC(=O)OCCBr)C(F)(F)F. The van der Waals surface area contributed by atoms with Crippen LogP contribution in [0.3, 0.4) is 0 Å². The Hall–Kier alpha value is -0.260. The molecule has 0 amide bonds. The number of hydrogen-bond donors (Lipinski definition) is 0. The third-order valence-electron chi connectivity index (χ3n) is 1.92. The molecule has 0 saturated carbocycles. The van der Waals surface area contributed by atoms with Crippen LogP contribution in [-0.4, -0.2) is 24.1 Å². The van der Waals surface area contributed by atoms with Gasteiger partial charge in [-0.2, -0.15) is 13.2 Å². The monoisotopic (exact) mass is 290 g/mol. The third kappa shape index (κ3) is 7.64. The molecular formula is C9H14BrF3O2. The topological polar surface area (TPSA) is 26.3 Å². The molecule has 0 aliphatic carbocycles. The molecule has 0 fully saturated rings. The predicted octanol–water partition coefficient (Wildman–Crippen LogP) is 3.29. The Balaban J connectivity index is 3.57. The van der Waals surface area contributed by atoms with Crippen molar-refractivity contribution in [3.8, 4) is 0 Å². The summed E-state index contributed by atoms with van der Waals surface area (Å²) in [5, 5.41) is 0.539. The average Bonchev–Trinajstić information content (AvgIpc) is 2.13. The van der Waals surface area contributed by atoms with Gasteiger partial charge in [0.15, 0.2) is 0 Å². The zero-order chi connectivity index (χ0) is 11.9. The largest absolute Gasteiger partial charge is 0.465 e. The van der Waals surface area contributed by atoms with Crippen LogP contribution in [0.2, 0.25) is 0 Å². The minimum atomic E-state index is -4.17. The van der Waals surface area contributed by atoms with Gasteiger partial charge in [0, 0.05) is 11.8 Å². The molecule has 0 spiro atoms. The molecule has 1 atom stereocenters. The Bertz CT molecular complexity index is 194. The summed E-state index contributed by atoms with van der Waals surface area (Å²) in [4.78, 5) is 10.9. The van der Waals surface area contributed by atoms with Crippen molar-refractivity contribution in [1.29, 1.82) is 0 Å². The molecule has 0 radical (unpaired) electrons. The van der Waals surface area contributed by atoms with Crippen molar-refractivity contribution >= 4 is 21.9 Å². The van der Waals surface area contributed by atoms with Gasteiger partial charge in [-0.1, -0.05) is 22.9 Å². The lowest BCUT2D eigenvalue weighted by molar-refractivity contribution is -0.172. The molecule has 90 valence electrons. The fourth-order valence-electron chi connectivity index (χ4n) is 0.941. The summed E-state index contributed by atoms with van der Waals surface area (Å²) in [6.07, 6.45) is -3.94. The van der Waals surface area contributed by atoms with Crippen molar-refractivity contribution in [2.24, 2.45) is 5.92 Å². The van der Waals surface area contributed by atoms with Gasteiger partial charge in [0.1, 0.15) is 6.61 Å². The first-order valence-corrected chi connectivity index (χ1v) is 5.78. The van der Waals surface area contributed by atoms with E-state index in [9.17, 15) is 18.0 Å². The van der Waals surface area contributed by atoms with E-state index in [0.29, 0.717) is 5.33 Å². The van der Waals surface area contributed by atoms with E-state index < -0.39 is 18.1 Å². The molecule has 0 aliphatic heterocycles. The van der Waals surface area contributed by atoms with Gasteiger partial charge in [-0.3, -0.25) is 4.79 Å². The van der Waals surface area contributed by atoms with Crippen LogP contribution < -0.4 is 0 Å². The van der Waals surface area contributed by atoms with Crippen molar-refractivity contribution < 1.29 is 22.7 Å². The summed E-state index contributed by atoms with van der Waals surface area (Å²) in [5.74, 6) is -1.80. The van der Waals surface area contributed by atoms with Crippen LogP contribution in [0.5, 0.6) is 0 Å². The van der Waals surface area contributed by atoms with Gasteiger partial charge in [-0.15, -0.1) is 0 Å². The average molecular weight is 291 g/mol. The van der Waals surface area contributed by atoms with E-state index in [4.69, 9.17) is 4.74 Å². The zero-order valence-corrected chi connectivity index (χ0v) is 10.0. The highest BCUT2D eigenvalue weighted by atomic mass is 79.9. The van der Waals surface area contributed by atoms with Gasteiger partial charge in [-0.05, 0) is 12.8 Å². The van der Waals surface area contributed by atoms with E-state index in [1.807, 2.05) is 0 Å². The van der Waals surface area contributed by atoms with Crippen LogP contribution in [-0.2, 0) is 9.53 Å². The predicted molar refractivity (Wildman–Crippen MR) is 53.8 cm³/mol. The number of rotatable bonds is 6. The molecule has 0 rings (SSSR count). The number of alkyl halides is 4. The van der Waals surface area contributed by atoms with Crippen LogP contribution >= 0.6 is 15.9 Å². The second-order valence-corrected chi connectivity index (χ2v) is 4.04. The molecule has 0 aromatic heterocycles. The molecular weight excluding hydrogens is 277 g/mol. The molecule has 0 heterocycles. The fourth-order valence-corrected chi connectivity index (χ4v) is 1.10. The number of carbonyl (C=O) groups is 1. The van der Waals surface area contributed by atoms with Crippen molar-refractivity contribution in [2.75, 3.05) is 11.9 Å². The molecule has 0 aromatic rings. The van der Waals surface area contributed by atoms with Crippen LogP contribution in [0.15, 0.2) is 0 Å². The van der Waals surface area contributed by atoms with Crippen molar-refractivity contribution in [2.45, 2.75) is 32.4 Å². The Morgan fingerprint density at radius 1 is 1.47 bits per heavy atom. The zero-order valence-electron chi connectivity index (χ0n) is 8.44. The van der Waals surface area contributed by atoms with E-state index in [1.54, 1.807) is 0 Å². The van der Waals surface area contributed by atoms with E-state index in [-0.39, 0.29) is 25.9 Å². The van der Waals surface area contributed by atoms with Crippen LogP contribution in [0, 0.1) is 5.92 Å². The normalized spacial score (nSPS) is 13.7. The number of esters is 1. The maximum Gasteiger partial charge on any atom is 0.391 e. The molecule has 0 saturated heterocycles. The fraction of sp³-hybridized carbons (Fsp3) is 0.889. The van der Waals surface area contributed by atoms with Gasteiger partial charge in [0.2, 0.25) is 0 Å². The van der Waals surface area contributed by atoms with Crippen LogP contribution in [0.4, 0.5) is 13.2 Å². The van der Waals surface area contributed by atoms with E-state index in [2.05, 4.69) is 15.9 Å². The van der Waals surface area contributed by atoms with Crippen molar-refractivity contribution in [3.05, 3.63) is 0 Å². The van der Waals surface area contributed by atoms with Crippen molar-refractivity contribution in [1.82, 2.24) is 0 Å². The first-order chi connectivity index (χ1) is 6.88. The number of halogens is 4. The van der Waals surface area contributed by atoms with Gasteiger partial charge in [-0.25, -0.2) is 0 Å². The molecule has 0 N–H and O–H groups in total. The molecule has 0 bridgehead atoms. The lowest BCUT2D eigenvalue weighted by atomic mass is 10.0. The second kappa shape index (κ2) is 7.09. The van der Waals surface area contributed by atoms with Gasteiger partial charge in [0.25, 0.3) is 0 Å². The summed E-state index contributed by atoms with van der Waals surface area (Å²) in [7, 11) is 0. The Labute approximate surface area is 95.3 Å². The summed E-state index contributed by atoms with van der Waals surface area (Å²) < 4.78 is 40.9. The number of ether oxygens (including phenoxy) is 1. The quantitative estimate of drug-likeness (QED) is 0.554. The smallest absolute Gasteiger partial charge is 0.391 e. The van der Waals surface area contributed by atoms with E-state index in [0.717, 1.165) is 6.92 Å². The van der Waals surface area contributed by atoms with Gasteiger partial charge in [0.05, 0.1) is 5.92 Å². The number of carbonyl (C=O) groups excluding carboxylic acids is 1. The van der Waals surface area contributed by atoms with Crippen LogP contribution in [0.25, 0.3) is 0 Å². The van der Waals surface area contributed by atoms with Crippen molar-refractivity contribution in [3.63, 3.8) is 0 Å². The maximum atomic E-state index is 12.1. The summed E-state index contributed by atoms with van der Waals surface area (Å²) in [6, 6.07) is 0. The summed E-state index contributed by atoms with van der Waals surface area (Å²) in [6.45, 7) is 1.37. The number of hydrogen-bond acceptors (Lipinski definition) is 2. The summed E-state index contributed by atoms with van der Waals surface area (Å²) >= 11 is 3.07. The molecule has 6 heteroatoms. The minimum absolute atomic E-state index is 0.0348. The second-order valence-electron chi connectivity index (χ2n) is 3.24. The molecule has 1 unspecified atom stereocenters. The minimum Gasteiger partial charge on any atom is -0.465 e. The first-order valence-electron chi connectivity index (χ1n) is 4.66. The Kier molecular flexibility index (Phi) is 6.96. The molecule has 0 aromatic carbocycles. The molecule has 15 heavy (non-hydrogen) atoms. The van der Waals surface area contributed by atoms with E-state index >= 15 is 0 Å². The lowest BCUT2D eigenvalue weighted by Gasteiger charge is -2.14. The molecule has 0 aliphatic rings. The Morgan fingerprint density at radius 3 is 2.53 bits per heavy atom. The highest BCUT2D eigenvalue weighted by Gasteiger charge is 2.35. The highest BCUT2D eigenvalue weighted by molar-refractivity contribution is 9.09. The molecule has 2 nitrogen and oxygen atoms in total. The van der Waals surface area contributed by atoms with Crippen LogP contribution in [0.1, 0.15) is 26.2 Å².